The predicted octanol–water partition coefficient (Wildman–Crippen LogP) is 6.38. The second-order valence-electron chi connectivity index (χ2n) is 6.89. The Hall–Kier alpha value is -4.28. The maximum atomic E-state index is 9.11. The number of furan rings is 2. The Balaban J connectivity index is 1.70. The third kappa shape index (κ3) is 1.92. The van der Waals surface area contributed by atoms with Crippen LogP contribution in [0.15, 0.2) is 69.5 Å². The summed E-state index contributed by atoms with van der Waals surface area (Å²) in [5.41, 5.74) is 4.16. The molecule has 4 heteroatoms. The summed E-state index contributed by atoms with van der Waals surface area (Å²) in [7, 11) is 0. The zero-order valence-corrected chi connectivity index (χ0v) is 14.5. The van der Waals surface area contributed by atoms with Crippen LogP contribution < -0.4 is 0 Å². The largest absolute Gasteiger partial charge is 0.456 e. The molecule has 2 aromatic heterocycles. The maximum Gasteiger partial charge on any atom is 0.136 e. The van der Waals surface area contributed by atoms with Crippen LogP contribution in [0.25, 0.3) is 54.6 Å². The Kier molecular flexibility index (Phi) is 2.72. The molecule has 0 radical (unpaired) electrons. The van der Waals surface area contributed by atoms with Gasteiger partial charge in [0.05, 0.1) is 23.3 Å². The maximum absolute atomic E-state index is 9.11. The summed E-state index contributed by atoms with van der Waals surface area (Å²) in [6.45, 7) is 0. The molecule has 6 aromatic rings. The number of hydrogen-bond acceptors (Lipinski definition) is 4. The van der Waals surface area contributed by atoms with Crippen molar-refractivity contribution < 1.29 is 8.83 Å². The van der Waals surface area contributed by atoms with E-state index >= 15 is 0 Å². The van der Waals surface area contributed by atoms with Gasteiger partial charge in [0, 0.05) is 21.5 Å². The van der Waals surface area contributed by atoms with Crippen LogP contribution in [0.5, 0.6) is 0 Å². The van der Waals surface area contributed by atoms with Gasteiger partial charge in [-0.25, -0.2) is 0 Å². The molecular formula is C24H10N2O2. The van der Waals surface area contributed by atoms with Gasteiger partial charge in [0.25, 0.3) is 0 Å². The lowest BCUT2D eigenvalue weighted by Crippen LogP contribution is -1.75. The minimum atomic E-state index is 0.580. The van der Waals surface area contributed by atoms with Crippen molar-refractivity contribution in [1.82, 2.24) is 0 Å². The van der Waals surface area contributed by atoms with Crippen LogP contribution in [-0.4, -0.2) is 0 Å². The second kappa shape index (κ2) is 5.13. The molecule has 28 heavy (non-hydrogen) atoms. The highest BCUT2D eigenvalue weighted by atomic mass is 16.3. The van der Waals surface area contributed by atoms with Gasteiger partial charge < -0.3 is 8.83 Å². The van der Waals surface area contributed by atoms with Crippen LogP contribution in [-0.2, 0) is 0 Å². The molecule has 0 bridgehead atoms. The quantitative estimate of drug-likeness (QED) is 0.316. The van der Waals surface area contributed by atoms with E-state index in [9.17, 15) is 0 Å². The number of hydrogen-bond donors (Lipinski definition) is 0. The van der Waals surface area contributed by atoms with Crippen LogP contribution >= 0.6 is 0 Å². The highest BCUT2D eigenvalue weighted by Crippen LogP contribution is 2.37. The van der Waals surface area contributed by atoms with Gasteiger partial charge in [-0.2, -0.15) is 10.5 Å². The third-order valence-electron chi connectivity index (χ3n) is 5.28. The van der Waals surface area contributed by atoms with Crippen LogP contribution in [0.4, 0.5) is 0 Å². The number of benzene rings is 4. The standard InChI is InChI=1S/C24H10N2O2/c25-11-13-1-3-17-19-7-15-10-24-20(8-16(15)9-23(19)27-21(17)5-13)18-4-2-14(12-26)6-22(18)28-24/h1-10H. The summed E-state index contributed by atoms with van der Waals surface area (Å²) in [6, 6.07) is 23.5. The molecule has 6 rings (SSSR count). The zero-order valence-electron chi connectivity index (χ0n) is 14.5. The van der Waals surface area contributed by atoms with Crippen molar-refractivity contribution in [3.8, 4) is 12.1 Å². The van der Waals surface area contributed by atoms with Crippen LogP contribution in [0.3, 0.4) is 0 Å². The predicted molar refractivity (Wildman–Crippen MR) is 108 cm³/mol. The van der Waals surface area contributed by atoms with E-state index < -0.39 is 0 Å². The first-order valence-electron chi connectivity index (χ1n) is 8.80. The normalized spacial score (nSPS) is 11.5. The van der Waals surface area contributed by atoms with Crippen molar-refractivity contribution in [2.24, 2.45) is 0 Å². The molecule has 0 spiro atoms. The van der Waals surface area contributed by atoms with Gasteiger partial charge >= 0.3 is 0 Å². The van der Waals surface area contributed by atoms with E-state index in [0.29, 0.717) is 22.3 Å². The van der Waals surface area contributed by atoms with Gasteiger partial charge in [0.1, 0.15) is 22.3 Å². The van der Waals surface area contributed by atoms with Gasteiger partial charge in [-0.15, -0.1) is 0 Å². The average Bonchev–Trinajstić information content (AvgIpc) is 3.26. The van der Waals surface area contributed by atoms with Crippen molar-refractivity contribution >= 4 is 54.6 Å². The van der Waals surface area contributed by atoms with E-state index in [1.165, 1.54) is 0 Å². The Bertz CT molecular complexity index is 1560. The molecule has 0 aliphatic rings. The summed E-state index contributed by atoms with van der Waals surface area (Å²) >= 11 is 0. The van der Waals surface area contributed by atoms with Crippen molar-refractivity contribution in [3.05, 3.63) is 71.8 Å². The number of nitrogens with zero attached hydrogens (tertiary/aromatic N) is 2. The topological polar surface area (TPSA) is 73.9 Å². The third-order valence-corrected chi connectivity index (χ3v) is 5.28. The summed E-state index contributed by atoms with van der Waals surface area (Å²) in [5, 5.41) is 24.3. The first-order valence-corrected chi connectivity index (χ1v) is 8.80. The van der Waals surface area contributed by atoms with Gasteiger partial charge in [0.2, 0.25) is 0 Å². The monoisotopic (exact) mass is 358 g/mol. The molecule has 4 nitrogen and oxygen atoms in total. The Morgan fingerprint density at radius 2 is 0.929 bits per heavy atom. The van der Waals surface area contributed by atoms with Crippen molar-refractivity contribution in [2.75, 3.05) is 0 Å². The average molecular weight is 358 g/mol. The van der Waals surface area contributed by atoms with Crippen molar-refractivity contribution in [2.45, 2.75) is 0 Å². The summed E-state index contributed by atoms with van der Waals surface area (Å²) in [5.74, 6) is 0. The van der Waals surface area contributed by atoms with Gasteiger partial charge in [-0.3, -0.25) is 0 Å². The molecule has 0 N–H and O–H groups in total. The first kappa shape index (κ1) is 14.8. The van der Waals surface area contributed by atoms with E-state index in [1.54, 1.807) is 24.3 Å². The molecule has 0 aliphatic carbocycles. The number of fused-ring (bicyclic) bond motifs is 7. The molecule has 0 saturated heterocycles. The molecule has 0 atom stereocenters. The smallest absolute Gasteiger partial charge is 0.136 e. The molecule has 0 unspecified atom stereocenters. The first-order chi connectivity index (χ1) is 13.7. The number of nitriles is 2. The van der Waals surface area contributed by atoms with Gasteiger partial charge in [0.15, 0.2) is 0 Å². The van der Waals surface area contributed by atoms with Crippen LogP contribution in [0, 0.1) is 22.7 Å². The molecule has 4 aromatic carbocycles. The summed E-state index contributed by atoms with van der Waals surface area (Å²) in [4.78, 5) is 0. The SMILES string of the molecule is N#Cc1ccc2c(c1)oc1cc3cc4c(cc3cc12)oc1cc(C#N)ccc14. The van der Waals surface area contributed by atoms with E-state index in [1.807, 2.05) is 24.3 Å². The Labute approximate surface area is 158 Å². The molecule has 0 aliphatic heterocycles. The Morgan fingerprint density at radius 1 is 0.500 bits per heavy atom. The van der Waals surface area contributed by atoms with E-state index in [0.717, 1.165) is 43.5 Å². The number of rotatable bonds is 0. The van der Waals surface area contributed by atoms with E-state index in [4.69, 9.17) is 19.4 Å². The minimum Gasteiger partial charge on any atom is -0.456 e. The molecular weight excluding hydrogens is 348 g/mol. The van der Waals surface area contributed by atoms with Gasteiger partial charge in [-0.1, -0.05) is 0 Å². The fraction of sp³-hybridized carbons (Fsp3) is 0. The van der Waals surface area contributed by atoms with Crippen LogP contribution in [0.2, 0.25) is 0 Å². The van der Waals surface area contributed by atoms with Crippen molar-refractivity contribution in [1.29, 1.82) is 10.5 Å². The lowest BCUT2D eigenvalue weighted by atomic mass is 10.0. The summed E-state index contributed by atoms with van der Waals surface area (Å²) in [6.07, 6.45) is 0. The van der Waals surface area contributed by atoms with Crippen LogP contribution in [0.1, 0.15) is 11.1 Å². The van der Waals surface area contributed by atoms with E-state index in [-0.39, 0.29) is 0 Å². The fourth-order valence-electron chi connectivity index (χ4n) is 3.93. The Morgan fingerprint density at radius 3 is 1.36 bits per heavy atom. The minimum absolute atomic E-state index is 0.580. The molecule has 2 heterocycles. The molecule has 0 amide bonds. The lowest BCUT2D eigenvalue weighted by Gasteiger charge is -1.99. The van der Waals surface area contributed by atoms with Crippen molar-refractivity contribution in [3.63, 3.8) is 0 Å². The molecule has 128 valence electrons. The lowest BCUT2D eigenvalue weighted by molar-refractivity contribution is 0.668. The molecule has 0 saturated carbocycles. The fourth-order valence-corrected chi connectivity index (χ4v) is 3.93. The van der Waals surface area contributed by atoms with E-state index in [2.05, 4.69) is 24.3 Å². The van der Waals surface area contributed by atoms with Gasteiger partial charge in [-0.05, 0) is 71.4 Å². The highest BCUT2D eigenvalue weighted by Gasteiger charge is 2.13. The summed E-state index contributed by atoms with van der Waals surface area (Å²) < 4.78 is 12.0. The second-order valence-corrected chi connectivity index (χ2v) is 6.89. The zero-order chi connectivity index (χ0) is 18.8. The molecule has 0 fully saturated rings. The highest BCUT2D eigenvalue weighted by molar-refractivity contribution is 6.15.